The summed E-state index contributed by atoms with van der Waals surface area (Å²) in [7, 11) is -1.39. The molecule has 26 heavy (non-hydrogen) atoms. The molecule has 2 atom stereocenters. The Kier molecular flexibility index (Phi) is 7.22. The normalized spacial score (nSPS) is 14.7. The van der Waals surface area contributed by atoms with Crippen molar-refractivity contribution < 1.29 is 4.21 Å². The topological polar surface area (TPSA) is 29.4 Å². The second kappa shape index (κ2) is 8.98. The van der Waals surface area contributed by atoms with Gasteiger partial charge in [-0.1, -0.05) is 53.5 Å². The predicted octanol–water partition coefficient (Wildman–Crippen LogP) is 6.60. The van der Waals surface area contributed by atoms with Crippen LogP contribution in [0.5, 0.6) is 0 Å². The third-order valence-electron chi connectivity index (χ3n) is 3.83. The Morgan fingerprint density at radius 1 is 1.15 bits per heavy atom. The standard InChI is InChI=1S/C21H23Cl2NOS/c1-5-7-19(16-8-6-9-18(23)14-16)20(24-26(25)21(2,3)4)15-10-12-17(22)13-11-15/h5-6,8-14,19H,1,7H2,2-4H3/t19-,26+/m1/s1. The molecule has 0 saturated heterocycles. The van der Waals surface area contributed by atoms with Crippen molar-refractivity contribution in [2.75, 3.05) is 0 Å². The average molecular weight is 408 g/mol. The largest absolute Gasteiger partial charge is 0.234 e. The molecule has 0 amide bonds. The first-order chi connectivity index (χ1) is 12.2. The SMILES string of the molecule is C=CC[C@@H](C(=N[S@@](=O)C(C)(C)C)c1ccc(Cl)cc1)c1cccc(Cl)c1. The lowest BCUT2D eigenvalue weighted by molar-refractivity contribution is 0.650. The maximum atomic E-state index is 12.8. The van der Waals surface area contributed by atoms with Crippen molar-refractivity contribution in [1.29, 1.82) is 0 Å². The van der Waals surface area contributed by atoms with Crippen LogP contribution < -0.4 is 0 Å². The van der Waals surface area contributed by atoms with Crippen LogP contribution in [0.4, 0.5) is 0 Å². The highest BCUT2D eigenvalue weighted by atomic mass is 35.5. The van der Waals surface area contributed by atoms with E-state index >= 15 is 0 Å². The van der Waals surface area contributed by atoms with Gasteiger partial charge in [0.15, 0.2) is 0 Å². The van der Waals surface area contributed by atoms with E-state index < -0.39 is 15.7 Å². The fraction of sp³-hybridized carbons (Fsp3) is 0.286. The molecule has 0 N–H and O–H groups in total. The van der Waals surface area contributed by atoms with E-state index in [0.29, 0.717) is 16.5 Å². The molecule has 138 valence electrons. The maximum Gasteiger partial charge on any atom is 0.145 e. The van der Waals surface area contributed by atoms with Crippen LogP contribution >= 0.6 is 23.2 Å². The van der Waals surface area contributed by atoms with Gasteiger partial charge in [0.2, 0.25) is 0 Å². The summed E-state index contributed by atoms with van der Waals surface area (Å²) in [5.41, 5.74) is 2.65. The molecule has 2 rings (SSSR count). The summed E-state index contributed by atoms with van der Waals surface area (Å²) in [6.07, 6.45) is 2.50. The molecular formula is C21H23Cl2NOS. The first-order valence-electron chi connectivity index (χ1n) is 8.35. The molecule has 2 aromatic rings. The van der Waals surface area contributed by atoms with Crippen molar-refractivity contribution in [3.8, 4) is 0 Å². The molecule has 0 aliphatic carbocycles. The monoisotopic (exact) mass is 407 g/mol. The molecule has 0 aromatic heterocycles. The Labute approximate surface area is 168 Å². The molecule has 0 saturated carbocycles. The van der Waals surface area contributed by atoms with Gasteiger partial charge in [-0.3, -0.25) is 0 Å². The van der Waals surface area contributed by atoms with E-state index in [1.54, 1.807) is 0 Å². The minimum Gasteiger partial charge on any atom is -0.234 e. The van der Waals surface area contributed by atoms with Crippen LogP contribution in [-0.4, -0.2) is 14.7 Å². The summed E-state index contributed by atoms with van der Waals surface area (Å²) >= 11 is 12.2. The zero-order valence-corrected chi connectivity index (χ0v) is 17.5. The van der Waals surface area contributed by atoms with Crippen molar-refractivity contribution in [3.63, 3.8) is 0 Å². The third-order valence-corrected chi connectivity index (χ3v) is 5.73. The Bertz CT molecular complexity index is 823. The van der Waals surface area contributed by atoms with E-state index in [0.717, 1.165) is 16.8 Å². The highest BCUT2D eigenvalue weighted by molar-refractivity contribution is 7.85. The van der Waals surface area contributed by atoms with Crippen molar-refractivity contribution >= 4 is 39.9 Å². The number of hydrogen-bond donors (Lipinski definition) is 0. The number of benzene rings is 2. The van der Waals surface area contributed by atoms with Gasteiger partial charge in [0, 0.05) is 16.0 Å². The van der Waals surface area contributed by atoms with Crippen LogP contribution in [0.15, 0.2) is 65.6 Å². The highest BCUT2D eigenvalue weighted by Crippen LogP contribution is 2.29. The van der Waals surface area contributed by atoms with Gasteiger partial charge in [-0.05, 0) is 62.6 Å². The number of hydrogen-bond acceptors (Lipinski definition) is 1. The van der Waals surface area contributed by atoms with Crippen LogP contribution in [0.1, 0.15) is 44.2 Å². The van der Waals surface area contributed by atoms with Crippen LogP contribution in [0.2, 0.25) is 10.0 Å². The van der Waals surface area contributed by atoms with E-state index in [4.69, 9.17) is 23.2 Å². The quantitative estimate of drug-likeness (QED) is 0.391. The van der Waals surface area contributed by atoms with Crippen molar-refractivity contribution in [1.82, 2.24) is 0 Å². The first kappa shape index (κ1) is 20.9. The fourth-order valence-electron chi connectivity index (χ4n) is 2.46. The molecule has 0 fully saturated rings. The lowest BCUT2D eigenvalue weighted by atomic mass is 9.87. The number of allylic oxidation sites excluding steroid dienone is 1. The minimum atomic E-state index is -1.39. The molecule has 5 heteroatoms. The zero-order valence-electron chi connectivity index (χ0n) is 15.2. The van der Waals surface area contributed by atoms with Crippen molar-refractivity contribution in [2.45, 2.75) is 37.9 Å². The first-order valence-corrected chi connectivity index (χ1v) is 10.2. The second-order valence-corrected chi connectivity index (χ2v) is 9.76. The molecule has 0 bridgehead atoms. The molecule has 0 spiro atoms. The molecule has 0 unspecified atom stereocenters. The number of nitrogens with zero attached hydrogens (tertiary/aromatic N) is 1. The molecule has 2 nitrogen and oxygen atoms in total. The van der Waals surface area contributed by atoms with E-state index in [1.165, 1.54) is 0 Å². The zero-order chi connectivity index (χ0) is 19.3. The predicted molar refractivity (Wildman–Crippen MR) is 115 cm³/mol. The van der Waals surface area contributed by atoms with Gasteiger partial charge in [-0.15, -0.1) is 6.58 Å². The van der Waals surface area contributed by atoms with Gasteiger partial charge in [0.1, 0.15) is 11.0 Å². The molecule has 0 heterocycles. The summed E-state index contributed by atoms with van der Waals surface area (Å²) < 4.78 is 16.9. The number of rotatable bonds is 6. The average Bonchev–Trinajstić information content (AvgIpc) is 2.58. The minimum absolute atomic E-state index is 0.0984. The van der Waals surface area contributed by atoms with E-state index in [1.807, 2.05) is 75.4 Å². The van der Waals surface area contributed by atoms with Crippen LogP contribution in [-0.2, 0) is 11.0 Å². The van der Waals surface area contributed by atoms with Crippen molar-refractivity contribution in [3.05, 3.63) is 82.4 Å². The van der Waals surface area contributed by atoms with E-state index in [9.17, 15) is 4.21 Å². The van der Waals surface area contributed by atoms with Crippen molar-refractivity contribution in [2.24, 2.45) is 4.40 Å². The second-order valence-electron chi connectivity index (χ2n) is 6.98. The van der Waals surface area contributed by atoms with Gasteiger partial charge in [0.25, 0.3) is 0 Å². The summed E-state index contributed by atoms with van der Waals surface area (Å²) in [5.74, 6) is -0.0984. The Balaban J connectivity index is 2.62. The smallest absolute Gasteiger partial charge is 0.145 e. The van der Waals surface area contributed by atoms with E-state index in [2.05, 4.69) is 11.0 Å². The summed E-state index contributed by atoms with van der Waals surface area (Å²) in [6.45, 7) is 9.61. The Morgan fingerprint density at radius 3 is 2.35 bits per heavy atom. The molecule has 2 aromatic carbocycles. The Morgan fingerprint density at radius 2 is 1.81 bits per heavy atom. The van der Waals surface area contributed by atoms with Gasteiger partial charge < -0.3 is 0 Å². The molecule has 0 aliphatic heterocycles. The van der Waals surface area contributed by atoms with Gasteiger partial charge in [0.05, 0.1) is 10.5 Å². The molecule has 0 aliphatic rings. The summed E-state index contributed by atoms with van der Waals surface area (Å²) in [4.78, 5) is 0. The summed E-state index contributed by atoms with van der Waals surface area (Å²) in [6, 6.07) is 15.1. The number of halogens is 2. The van der Waals surface area contributed by atoms with Gasteiger partial charge >= 0.3 is 0 Å². The lowest BCUT2D eigenvalue weighted by Gasteiger charge is -2.21. The van der Waals surface area contributed by atoms with Crippen LogP contribution in [0, 0.1) is 0 Å². The molecule has 0 radical (unpaired) electrons. The Hall–Kier alpha value is -1.42. The highest BCUT2D eigenvalue weighted by Gasteiger charge is 2.25. The van der Waals surface area contributed by atoms with E-state index in [-0.39, 0.29) is 5.92 Å². The van der Waals surface area contributed by atoms with Crippen LogP contribution in [0.25, 0.3) is 0 Å². The molecular weight excluding hydrogens is 385 g/mol. The van der Waals surface area contributed by atoms with Crippen LogP contribution in [0.3, 0.4) is 0 Å². The van der Waals surface area contributed by atoms with Gasteiger partial charge in [-0.2, -0.15) is 4.40 Å². The summed E-state index contributed by atoms with van der Waals surface area (Å²) in [5, 5.41) is 1.30. The maximum absolute atomic E-state index is 12.8. The van der Waals surface area contributed by atoms with Gasteiger partial charge in [-0.25, -0.2) is 4.21 Å². The third kappa shape index (κ3) is 5.54. The fourth-order valence-corrected chi connectivity index (χ4v) is 3.47. The lowest BCUT2D eigenvalue weighted by Crippen LogP contribution is -2.23.